The van der Waals surface area contributed by atoms with Gasteiger partial charge in [-0.05, 0) is 59.4 Å². The van der Waals surface area contributed by atoms with Crippen molar-refractivity contribution in [2.45, 2.75) is 31.8 Å². The molecular weight excluding hydrogens is 599 g/mol. The number of pyridine rings is 1. The van der Waals surface area contributed by atoms with E-state index in [1.54, 1.807) is 36.0 Å². The topological polar surface area (TPSA) is 155 Å². The molecule has 10 nitrogen and oxygen atoms in total. The summed E-state index contributed by atoms with van der Waals surface area (Å²) in [5.41, 5.74) is 5.82. The Morgan fingerprint density at radius 2 is 1.83 bits per heavy atom. The fourth-order valence-corrected chi connectivity index (χ4v) is 5.64. The van der Waals surface area contributed by atoms with Crippen molar-refractivity contribution in [2.75, 3.05) is 25.1 Å². The monoisotopic (exact) mass is 632 g/mol. The molecule has 0 unspecified atom stereocenters. The average molecular weight is 633 g/mol. The third kappa shape index (κ3) is 7.56. The summed E-state index contributed by atoms with van der Waals surface area (Å²) in [4.78, 5) is 17.9. The lowest BCUT2D eigenvalue weighted by Crippen LogP contribution is -2.42. The van der Waals surface area contributed by atoms with Crippen LogP contribution in [0.4, 0.5) is 10.2 Å². The van der Waals surface area contributed by atoms with Crippen LogP contribution in [-0.4, -0.2) is 47.4 Å². The van der Waals surface area contributed by atoms with Gasteiger partial charge in [-0.1, -0.05) is 48.6 Å². The van der Waals surface area contributed by atoms with Crippen LogP contribution in [-0.2, 0) is 11.3 Å². The van der Waals surface area contributed by atoms with E-state index in [1.165, 1.54) is 25.3 Å². The number of phenolic OH excluding ortho intramolecular Hbond substituents is 1. The summed E-state index contributed by atoms with van der Waals surface area (Å²) >= 11 is 0. The van der Waals surface area contributed by atoms with Crippen LogP contribution in [0.3, 0.4) is 0 Å². The van der Waals surface area contributed by atoms with Gasteiger partial charge >= 0.3 is 0 Å². The van der Waals surface area contributed by atoms with Crippen molar-refractivity contribution in [3.8, 4) is 45.9 Å². The molecule has 11 heteroatoms. The highest BCUT2D eigenvalue weighted by molar-refractivity contribution is 5.90. The first kappa shape index (κ1) is 32.6. The third-order valence-electron chi connectivity index (χ3n) is 8.15. The van der Waals surface area contributed by atoms with Gasteiger partial charge in [0.25, 0.3) is 0 Å². The van der Waals surface area contributed by atoms with Crippen LogP contribution in [0.2, 0.25) is 0 Å². The molecule has 2 heterocycles. The molecule has 3 aromatic carbocycles. The first-order chi connectivity index (χ1) is 22.8. The first-order valence-electron chi connectivity index (χ1n) is 15.0. The first-order valence-corrected chi connectivity index (χ1v) is 15.0. The molecule has 47 heavy (non-hydrogen) atoms. The molecule has 1 aromatic heterocycles. The van der Waals surface area contributed by atoms with E-state index in [-0.39, 0.29) is 35.1 Å². The number of aromatic hydroxyl groups is 1. The summed E-state index contributed by atoms with van der Waals surface area (Å²) < 4.78 is 20.0. The molecule has 1 fully saturated rings. The molecule has 4 aromatic rings. The number of amides is 1. The highest BCUT2D eigenvalue weighted by Crippen LogP contribution is 2.41. The summed E-state index contributed by atoms with van der Waals surface area (Å²) in [7, 11) is 1.45. The molecule has 0 saturated carbocycles. The molecule has 0 bridgehead atoms. The number of piperidine rings is 1. The molecule has 0 spiro atoms. The minimum absolute atomic E-state index is 0.0865. The van der Waals surface area contributed by atoms with Gasteiger partial charge in [0.1, 0.15) is 29.3 Å². The second-order valence-electron chi connectivity index (χ2n) is 11.1. The van der Waals surface area contributed by atoms with E-state index >= 15 is 0 Å². The lowest BCUT2D eigenvalue weighted by atomic mass is 9.91. The number of hydrogen-bond acceptors (Lipinski definition) is 9. The predicted molar refractivity (Wildman–Crippen MR) is 175 cm³/mol. The lowest BCUT2D eigenvalue weighted by molar-refractivity contribution is -0.128. The number of aromatic nitrogens is 1. The Labute approximate surface area is 271 Å². The average Bonchev–Trinajstić information content (AvgIpc) is 3.10. The zero-order chi connectivity index (χ0) is 33.3. The van der Waals surface area contributed by atoms with Crippen LogP contribution in [0.1, 0.15) is 41.5 Å². The number of anilines is 1. The fraction of sp³-hybridized carbons (Fsp3) is 0.222. The maximum atomic E-state index is 14.9. The van der Waals surface area contributed by atoms with Gasteiger partial charge in [-0.15, -0.1) is 0 Å². The van der Waals surface area contributed by atoms with E-state index in [0.717, 1.165) is 24.0 Å². The summed E-state index contributed by atoms with van der Waals surface area (Å²) in [6, 6.07) is 21.5. The van der Waals surface area contributed by atoms with Crippen molar-refractivity contribution in [1.82, 2.24) is 15.8 Å². The number of carbonyl (C=O) groups excluding carboxylic acids is 1. The normalized spacial score (nSPS) is 13.3. The smallest absolute Gasteiger partial charge is 0.247 e. The van der Waals surface area contributed by atoms with Crippen LogP contribution in [0.25, 0.3) is 28.3 Å². The molecule has 1 aliphatic rings. The summed E-state index contributed by atoms with van der Waals surface area (Å²) in [5.74, 6) is -0.469. The zero-order valence-electron chi connectivity index (χ0n) is 25.7. The van der Waals surface area contributed by atoms with Gasteiger partial charge in [-0.2, -0.15) is 10.5 Å². The Morgan fingerprint density at radius 3 is 2.47 bits per heavy atom. The van der Waals surface area contributed by atoms with Gasteiger partial charge in [-0.25, -0.2) is 14.9 Å². The van der Waals surface area contributed by atoms with E-state index in [1.807, 2.05) is 36.4 Å². The van der Waals surface area contributed by atoms with Crippen molar-refractivity contribution < 1.29 is 24.2 Å². The van der Waals surface area contributed by atoms with Gasteiger partial charge in [0.2, 0.25) is 5.91 Å². The molecule has 5 rings (SSSR count). The number of phenols is 1. The number of nitriles is 2. The van der Waals surface area contributed by atoms with E-state index < -0.39 is 11.7 Å². The van der Waals surface area contributed by atoms with E-state index in [9.17, 15) is 24.8 Å². The van der Waals surface area contributed by atoms with Crippen molar-refractivity contribution in [3.63, 3.8) is 0 Å². The van der Waals surface area contributed by atoms with E-state index in [4.69, 9.17) is 14.9 Å². The standard InChI is InChI=1S/C36H33FN6O4/c1-47-33-12-11-25(18-32(33)44)30-22-41-36(29(20-39)35(30)26-9-10-27(19-38)31(37)17-26)43-15-13-28(14-16-43)40-21-24-7-5-23(6-8-24)3-2-4-34(45)42-46/h2-3,5-12,17-18,22,28,40,44,46H,4,13-16,21H2,1H3,(H,42,45)/b3-2+. The number of halogens is 1. The van der Waals surface area contributed by atoms with Crippen molar-refractivity contribution in [3.05, 3.63) is 101 Å². The quantitative estimate of drug-likeness (QED) is 0.128. The zero-order valence-corrected chi connectivity index (χ0v) is 25.7. The number of carbonyl (C=O) groups is 1. The summed E-state index contributed by atoms with van der Waals surface area (Å²) in [5, 5.41) is 42.4. The van der Waals surface area contributed by atoms with Gasteiger partial charge in [0.05, 0.1) is 12.7 Å². The Bertz CT molecular complexity index is 1870. The van der Waals surface area contributed by atoms with Crippen molar-refractivity contribution in [1.29, 1.82) is 10.5 Å². The number of nitrogens with one attached hydrogen (secondary N) is 2. The molecule has 1 saturated heterocycles. The van der Waals surface area contributed by atoms with Gasteiger partial charge in [-0.3, -0.25) is 10.0 Å². The highest BCUT2D eigenvalue weighted by Gasteiger charge is 2.26. The molecule has 0 radical (unpaired) electrons. The summed E-state index contributed by atoms with van der Waals surface area (Å²) in [6.45, 7) is 1.98. The molecule has 0 atom stereocenters. The molecule has 1 amide bonds. The Kier molecular flexibility index (Phi) is 10.4. The second-order valence-corrected chi connectivity index (χ2v) is 11.1. The number of hydrogen-bond donors (Lipinski definition) is 4. The second kappa shape index (κ2) is 15.0. The van der Waals surface area contributed by atoms with Crippen LogP contribution in [0.5, 0.6) is 11.5 Å². The third-order valence-corrected chi connectivity index (χ3v) is 8.15. The number of methoxy groups -OCH3 is 1. The van der Waals surface area contributed by atoms with Crippen LogP contribution >= 0.6 is 0 Å². The highest BCUT2D eigenvalue weighted by atomic mass is 19.1. The van der Waals surface area contributed by atoms with Crippen LogP contribution in [0, 0.1) is 28.5 Å². The van der Waals surface area contributed by atoms with Crippen LogP contribution < -0.4 is 20.4 Å². The minimum Gasteiger partial charge on any atom is -0.504 e. The Hall–Kier alpha value is -5.75. The maximum Gasteiger partial charge on any atom is 0.247 e. The largest absolute Gasteiger partial charge is 0.504 e. The van der Waals surface area contributed by atoms with E-state index in [2.05, 4.69) is 16.3 Å². The number of nitrogens with zero attached hydrogens (tertiary/aromatic N) is 4. The molecule has 238 valence electrons. The van der Waals surface area contributed by atoms with Crippen LogP contribution in [0.15, 0.2) is 72.9 Å². The number of ether oxygens (including phenoxy) is 1. The lowest BCUT2D eigenvalue weighted by Gasteiger charge is -2.34. The number of rotatable bonds is 10. The SMILES string of the molecule is COc1ccc(-c2cnc(N3CCC(NCc4ccc(/C=C/CC(=O)NO)cc4)CC3)c(C#N)c2-c2ccc(C#N)c(F)c2)cc1O. The van der Waals surface area contributed by atoms with Gasteiger partial charge < -0.3 is 20.1 Å². The van der Waals surface area contributed by atoms with Crippen molar-refractivity contribution >= 4 is 17.8 Å². The number of benzene rings is 3. The molecule has 0 aliphatic carbocycles. The summed E-state index contributed by atoms with van der Waals surface area (Å²) in [6.07, 6.45) is 6.86. The molecule has 4 N–H and O–H groups in total. The Morgan fingerprint density at radius 1 is 1.09 bits per heavy atom. The van der Waals surface area contributed by atoms with Gasteiger partial charge in [0, 0.05) is 49.4 Å². The molecular formula is C36H33FN6O4. The fourth-order valence-electron chi connectivity index (χ4n) is 5.64. The van der Waals surface area contributed by atoms with E-state index in [0.29, 0.717) is 47.7 Å². The molecule has 1 aliphatic heterocycles. The van der Waals surface area contributed by atoms with Gasteiger partial charge in [0.15, 0.2) is 11.5 Å². The maximum absolute atomic E-state index is 14.9. The Balaban J connectivity index is 1.34. The minimum atomic E-state index is -0.694. The predicted octanol–water partition coefficient (Wildman–Crippen LogP) is 5.68. The number of hydroxylamine groups is 1. The van der Waals surface area contributed by atoms with Crippen molar-refractivity contribution in [2.24, 2.45) is 0 Å².